The minimum atomic E-state index is 0.238. The second-order valence-electron chi connectivity index (χ2n) is 10.2. The Balaban J connectivity index is 1.09. The predicted octanol–water partition coefficient (Wildman–Crippen LogP) is 6.17. The molecule has 1 fully saturated rings. The average Bonchev–Trinajstić information content (AvgIpc) is 3.70. The highest BCUT2D eigenvalue weighted by atomic mass is 16.5. The van der Waals surface area contributed by atoms with Crippen LogP contribution in [0.1, 0.15) is 19.3 Å². The van der Waals surface area contributed by atoms with E-state index in [1.807, 2.05) is 54.6 Å². The number of hydrogen-bond donors (Lipinski definition) is 3. The minimum Gasteiger partial charge on any atom is -0.493 e. The average molecular weight is 547 g/mol. The predicted molar refractivity (Wildman–Crippen MR) is 162 cm³/mol. The zero-order valence-electron chi connectivity index (χ0n) is 22.9. The van der Waals surface area contributed by atoms with Gasteiger partial charge in [-0.05, 0) is 61.2 Å². The fourth-order valence-electron chi connectivity index (χ4n) is 5.29. The van der Waals surface area contributed by atoms with Crippen LogP contribution < -0.4 is 10.1 Å². The Hall–Kier alpha value is -4.53. The van der Waals surface area contributed by atoms with Crippen molar-refractivity contribution in [3.63, 3.8) is 0 Å². The number of hydrogen-bond acceptors (Lipinski definition) is 7. The van der Waals surface area contributed by atoms with Crippen molar-refractivity contribution in [3.05, 3.63) is 97.3 Å². The van der Waals surface area contributed by atoms with Gasteiger partial charge < -0.3 is 20.1 Å². The number of anilines is 2. The van der Waals surface area contributed by atoms with Crippen LogP contribution >= 0.6 is 0 Å². The van der Waals surface area contributed by atoms with Crippen LogP contribution in [-0.4, -0.2) is 62.3 Å². The van der Waals surface area contributed by atoms with Crippen LogP contribution in [0.4, 0.5) is 11.6 Å². The summed E-state index contributed by atoms with van der Waals surface area (Å²) in [7, 11) is 0. The van der Waals surface area contributed by atoms with Crippen LogP contribution in [0.2, 0.25) is 0 Å². The van der Waals surface area contributed by atoms with Crippen molar-refractivity contribution in [1.82, 2.24) is 24.8 Å². The molecule has 1 saturated heterocycles. The molecule has 1 atom stereocenters. The molecule has 0 spiro atoms. The van der Waals surface area contributed by atoms with Gasteiger partial charge in [-0.15, -0.1) is 0 Å². The van der Waals surface area contributed by atoms with E-state index in [0.29, 0.717) is 18.6 Å². The minimum absolute atomic E-state index is 0.238. The summed E-state index contributed by atoms with van der Waals surface area (Å²) in [6.07, 6.45) is 6.70. The van der Waals surface area contributed by atoms with E-state index in [1.54, 1.807) is 12.4 Å². The fraction of sp³-hybridized carbons (Fsp3) is 0.242. The molecule has 0 unspecified atom stereocenters. The van der Waals surface area contributed by atoms with Gasteiger partial charge in [0.15, 0.2) is 0 Å². The number of ether oxygens (including phenoxy) is 1. The fourth-order valence-corrected chi connectivity index (χ4v) is 5.29. The summed E-state index contributed by atoms with van der Waals surface area (Å²) in [5.74, 6) is 2.07. The number of aliphatic hydroxyl groups is 1. The normalized spacial score (nSPS) is 15.2. The Kier molecular flexibility index (Phi) is 8.30. The molecule has 0 bridgehead atoms. The molecule has 3 aromatic carbocycles. The second kappa shape index (κ2) is 12.8. The third-order valence-electron chi connectivity index (χ3n) is 7.41. The Morgan fingerprint density at radius 2 is 1.78 bits per heavy atom. The van der Waals surface area contributed by atoms with Gasteiger partial charge in [0, 0.05) is 36.1 Å². The summed E-state index contributed by atoms with van der Waals surface area (Å²) in [6, 6.07) is 28.6. The number of aliphatic hydroxyl groups excluding tert-OH is 1. The number of benzene rings is 3. The Morgan fingerprint density at radius 1 is 0.927 bits per heavy atom. The molecular weight excluding hydrogens is 512 g/mol. The number of H-pyrrole nitrogens is 1. The SMILES string of the molecule is OC[C@@H]1CCCN1CCCOc1cccc(Nc2nccc(-c3cnc(-c4cccc(-c5ccccc5)c4)[nH]3)n2)c1. The maximum Gasteiger partial charge on any atom is 0.227 e. The monoisotopic (exact) mass is 546 g/mol. The molecule has 0 saturated carbocycles. The lowest BCUT2D eigenvalue weighted by Crippen LogP contribution is -2.33. The van der Waals surface area contributed by atoms with Crippen LogP contribution in [0.25, 0.3) is 33.9 Å². The van der Waals surface area contributed by atoms with Crippen molar-refractivity contribution in [2.24, 2.45) is 0 Å². The first-order valence-corrected chi connectivity index (χ1v) is 14.1. The molecule has 41 heavy (non-hydrogen) atoms. The zero-order valence-corrected chi connectivity index (χ0v) is 22.9. The number of nitrogens with one attached hydrogen (secondary N) is 2. The molecule has 6 rings (SSSR count). The highest BCUT2D eigenvalue weighted by molar-refractivity contribution is 5.71. The van der Waals surface area contributed by atoms with Gasteiger partial charge in [0.1, 0.15) is 11.6 Å². The van der Waals surface area contributed by atoms with E-state index < -0.39 is 0 Å². The summed E-state index contributed by atoms with van der Waals surface area (Å²) in [6.45, 7) is 2.87. The van der Waals surface area contributed by atoms with E-state index in [2.05, 4.69) is 55.5 Å². The lowest BCUT2D eigenvalue weighted by Gasteiger charge is -2.22. The molecule has 1 aliphatic rings. The van der Waals surface area contributed by atoms with E-state index in [1.165, 1.54) is 5.56 Å². The van der Waals surface area contributed by atoms with Crippen molar-refractivity contribution in [3.8, 4) is 39.7 Å². The molecule has 0 aliphatic carbocycles. The number of aromatic amines is 1. The van der Waals surface area contributed by atoms with E-state index in [0.717, 1.165) is 72.1 Å². The van der Waals surface area contributed by atoms with Crippen LogP contribution in [0.15, 0.2) is 97.3 Å². The van der Waals surface area contributed by atoms with Gasteiger partial charge in [-0.3, -0.25) is 4.90 Å². The largest absolute Gasteiger partial charge is 0.493 e. The molecular formula is C33H34N6O2. The summed E-state index contributed by atoms with van der Waals surface area (Å²) in [4.78, 5) is 19.5. The van der Waals surface area contributed by atoms with Crippen molar-refractivity contribution >= 4 is 11.6 Å². The number of aromatic nitrogens is 4. The lowest BCUT2D eigenvalue weighted by atomic mass is 10.0. The number of imidazole rings is 1. The maximum absolute atomic E-state index is 9.50. The maximum atomic E-state index is 9.50. The highest BCUT2D eigenvalue weighted by Crippen LogP contribution is 2.27. The molecule has 3 heterocycles. The van der Waals surface area contributed by atoms with E-state index in [-0.39, 0.29) is 6.61 Å². The van der Waals surface area contributed by atoms with Gasteiger partial charge >= 0.3 is 0 Å². The zero-order chi connectivity index (χ0) is 27.9. The second-order valence-corrected chi connectivity index (χ2v) is 10.2. The molecule has 208 valence electrons. The molecule has 0 amide bonds. The summed E-state index contributed by atoms with van der Waals surface area (Å²) in [5, 5.41) is 12.8. The molecule has 8 heteroatoms. The molecule has 2 aromatic heterocycles. The van der Waals surface area contributed by atoms with Crippen LogP contribution in [0.5, 0.6) is 5.75 Å². The van der Waals surface area contributed by atoms with Gasteiger partial charge in [0.2, 0.25) is 5.95 Å². The van der Waals surface area contributed by atoms with E-state index >= 15 is 0 Å². The molecule has 3 N–H and O–H groups in total. The van der Waals surface area contributed by atoms with Crippen LogP contribution in [0.3, 0.4) is 0 Å². The van der Waals surface area contributed by atoms with Crippen LogP contribution in [-0.2, 0) is 0 Å². The Bertz CT molecular complexity index is 1570. The van der Waals surface area contributed by atoms with E-state index in [4.69, 9.17) is 9.72 Å². The summed E-state index contributed by atoms with van der Waals surface area (Å²) in [5.41, 5.74) is 5.73. The Morgan fingerprint density at radius 3 is 2.68 bits per heavy atom. The van der Waals surface area contributed by atoms with Crippen molar-refractivity contribution in [2.75, 3.05) is 31.6 Å². The molecule has 1 aliphatic heterocycles. The van der Waals surface area contributed by atoms with Gasteiger partial charge in [-0.25, -0.2) is 15.0 Å². The Labute approximate surface area is 240 Å². The lowest BCUT2D eigenvalue weighted by molar-refractivity contribution is 0.150. The highest BCUT2D eigenvalue weighted by Gasteiger charge is 2.22. The third kappa shape index (κ3) is 6.62. The van der Waals surface area contributed by atoms with Crippen molar-refractivity contribution < 1.29 is 9.84 Å². The smallest absolute Gasteiger partial charge is 0.227 e. The summed E-state index contributed by atoms with van der Waals surface area (Å²) >= 11 is 0. The van der Waals surface area contributed by atoms with Gasteiger partial charge in [0.25, 0.3) is 0 Å². The standard InChI is InChI=1S/C33H34N6O2/c40-23-28-13-6-17-39(28)18-7-19-41-29-14-5-12-27(21-29)36-33-34-16-15-30(38-33)31-22-35-32(37-31)26-11-4-10-25(20-26)24-8-2-1-3-9-24/h1-5,8-12,14-16,20-22,28,40H,6-7,13,17-19,23H2,(H,35,37)(H,34,36,38)/t28-/m0/s1. The number of likely N-dealkylation sites (tertiary alicyclic amines) is 1. The van der Waals surface area contributed by atoms with Gasteiger partial charge in [-0.2, -0.15) is 0 Å². The molecule has 8 nitrogen and oxygen atoms in total. The first-order chi connectivity index (χ1) is 20.2. The molecule has 0 radical (unpaired) electrons. The third-order valence-corrected chi connectivity index (χ3v) is 7.41. The topological polar surface area (TPSA) is 99.2 Å². The van der Waals surface area contributed by atoms with Gasteiger partial charge in [-0.1, -0.05) is 54.6 Å². The van der Waals surface area contributed by atoms with Crippen LogP contribution in [0, 0.1) is 0 Å². The summed E-state index contributed by atoms with van der Waals surface area (Å²) < 4.78 is 6.00. The van der Waals surface area contributed by atoms with Crippen molar-refractivity contribution in [2.45, 2.75) is 25.3 Å². The quantitative estimate of drug-likeness (QED) is 0.170. The van der Waals surface area contributed by atoms with E-state index in [9.17, 15) is 5.11 Å². The number of nitrogens with zero attached hydrogens (tertiary/aromatic N) is 4. The molecule has 5 aromatic rings. The van der Waals surface area contributed by atoms with Gasteiger partial charge in [0.05, 0.1) is 30.8 Å². The first kappa shape index (κ1) is 26.7. The number of rotatable bonds is 11. The van der Waals surface area contributed by atoms with Crippen molar-refractivity contribution in [1.29, 1.82) is 0 Å². The first-order valence-electron chi connectivity index (χ1n) is 14.1.